The van der Waals surface area contributed by atoms with E-state index in [4.69, 9.17) is 4.74 Å². The molecule has 1 heterocycles. The van der Waals surface area contributed by atoms with Gasteiger partial charge < -0.3 is 10.1 Å². The first-order valence-electron chi connectivity index (χ1n) is 10.2. The molecule has 29 heavy (non-hydrogen) atoms. The first-order valence-corrected chi connectivity index (χ1v) is 10.2. The van der Waals surface area contributed by atoms with E-state index in [0.29, 0.717) is 24.4 Å². The number of carbonyl (C=O) groups is 4. The van der Waals surface area contributed by atoms with Gasteiger partial charge in [-0.25, -0.2) is 4.79 Å². The number of nitrogens with one attached hydrogen (secondary N) is 1. The second-order valence-corrected chi connectivity index (χ2v) is 8.15. The van der Waals surface area contributed by atoms with Crippen molar-refractivity contribution >= 4 is 29.4 Å². The zero-order valence-corrected chi connectivity index (χ0v) is 17.1. The van der Waals surface area contributed by atoms with E-state index < -0.39 is 24.5 Å². The van der Waals surface area contributed by atoms with Gasteiger partial charge in [-0.05, 0) is 43.4 Å². The molecule has 0 spiro atoms. The highest BCUT2D eigenvalue weighted by Crippen LogP contribution is 2.38. The van der Waals surface area contributed by atoms with Gasteiger partial charge in [-0.2, -0.15) is 0 Å². The van der Waals surface area contributed by atoms with E-state index in [1.807, 2.05) is 12.1 Å². The molecule has 1 aliphatic carbocycles. The molecule has 156 valence electrons. The number of benzene rings is 1. The first kappa shape index (κ1) is 21.0. The molecule has 1 N–H and O–H groups in total. The number of carbonyl (C=O) groups excluding carboxylic acids is 4. The van der Waals surface area contributed by atoms with E-state index in [2.05, 4.69) is 19.2 Å². The van der Waals surface area contributed by atoms with Crippen LogP contribution in [0.4, 0.5) is 5.69 Å². The van der Waals surface area contributed by atoms with E-state index in [1.54, 1.807) is 12.1 Å². The Hall–Kier alpha value is -2.70. The maximum absolute atomic E-state index is 12.6. The Bertz CT molecular complexity index is 778. The van der Waals surface area contributed by atoms with Crippen molar-refractivity contribution < 1.29 is 23.9 Å². The Labute approximate surface area is 170 Å². The number of fused-ring (bicyclic) bond motifs is 1. The topological polar surface area (TPSA) is 92.8 Å². The van der Waals surface area contributed by atoms with Crippen molar-refractivity contribution in [1.82, 2.24) is 4.90 Å². The number of hydrogen-bond donors (Lipinski definition) is 1. The van der Waals surface area contributed by atoms with Crippen LogP contribution in [-0.2, 0) is 23.9 Å². The van der Waals surface area contributed by atoms with Crippen molar-refractivity contribution in [3.63, 3.8) is 0 Å². The number of imide groups is 1. The van der Waals surface area contributed by atoms with Gasteiger partial charge in [0.2, 0.25) is 11.8 Å². The summed E-state index contributed by atoms with van der Waals surface area (Å²) in [6.45, 7) is 5.16. The number of nitrogens with zero attached hydrogens (tertiary/aromatic N) is 1. The Morgan fingerprint density at radius 2 is 1.59 bits per heavy atom. The molecule has 3 atom stereocenters. The summed E-state index contributed by atoms with van der Waals surface area (Å²) in [5.74, 6) is -2.06. The van der Waals surface area contributed by atoms with Gasteiger partial charge in [0.15, 0.2) is 6.61 Å². The summed E-state index contributed by atoms with van der Waals surface area (Å²) < 4.78 is 5.07. The van der Waals surface area contributed by atoms with Crippen LogP contribution < -0.4 is 5.32 Å². The predicted octanol–water partition coefficient (Wildman–Crippen LogP) is 2.86. The molecule has 7 nitrogen and oxygen atoms in total. The third-order valence-electron chi connectivity index (χ3n) is 5.81. The van der Waals surface area contributed by atoms with Crippen molar-refractivity contribution in [2.24, 2.45) is 11.8 Å². The fourth-order valence-corrected chi connectivity index (χ4v) is 4.08. The normalized spacial score (nSPS) is 22.4. The quantitative estimate of drug-likeness (QED) is 0.585. The smallest absolute Gasteiger partial charge is 0.329 e. The molecule has 1 saturated carbocycles. The van der Waals surface area contributed by atoms with Crippen LogP contribution in [0.5, 0.6) is 0 Å². The Morgan fingerprint density at radius 3 is 2.10 bits per heavy atom. The SMILES string of the molecule is CC(C)c1ccc(NC(=O)COC(=O)[C@H](C)N2C(=O)[C@@H]3CCCC[C@H]3C2=O)cc1. The Balaban J connectivity index is 1.52. The van der Waals surface area contributed by atoms with E-state index in [-0.39, 0.29) is 23.7 Å². The van der Waals surface area contributed by atoms with Gasteiger partial charge in [0.25, 0.3) is 5.91 Å². The number of likely N-dealkylation sites (tertiary alicyclic amines) is 1. The van der Waals surface area contributed by atoms with Gasteiger partial charge in [-0.15, -0.1) is 0 Å². The Morgan fingerprint density at radius 1 is 1.03 bits per heavy atom. The number of rotatable bonds is 6. The molecule has 0 unspecified atom stereocenters. The lowest BCUT2D eigenvalue weighted by Crippen LogP contribution is -2.45. The molecule has 0 radical (unpaired) electrons. The van der Waals surface area contributed by atoms with Crippen molar-refractivity contribution in [3.8, 4) is 0 Å². The number of anilines is 1. The summed E-state index contributed by atoms with van der Waals surface area (Å²) in [6, 6.07) is 6.41. The predicted molar refractivity (Wildman–Crippen MR) is 107 cm³/mol. The Kier molecular flexibility index (Phi) is 6.35. The molecule has 3 rings (SSSR count). The zero-order chi connectivity index (χ0) is 21.1. The van der Waals surface area contributed by atoms with Crippen LogP contribution in [0.15, 0.2) is 24.3 Å². The van der Waals surface area contributed by atoms with E-state index in [9.17, 15) is 19.2 Å². The lowest BCUT2D eigenvalue weighted by Gasteiger charge is -2.21. The van der Waals surface area contributed by atoms with Crippen molar-refractivity contribution in [2.75, 3.05) is 11.9 Å². The summed E-state index contributed by atoms with van der Waals surface area (Å²) in [4.78, 5) is 50.6. The molecule has 2 aliphatic rings. The van der Waals surface area contributed by atoms with Gasteiger partial charge in [0.05, 0.1) is 11.8 Å². The minimum atomic E-state index is -1.03. The highest BCUT2D eigenvalue weighted by atomic mass is 16.5. The number of ether oxygens (including phenoxy) is 1. The average Bonchev–Trinajstić information content (AvgIpc) is 2.96. The molecule has 3 amide bonds. The minimum absolute atomic E-state index is 0.293. The van der Waals surface area contributed by atoms with Gasteiger partial charge >= 0.3 is 5.97 Å². The summed E-state index contributed by atoms with van der Waals surface area (Å²) in [5, 5.41) is 2.67. The molecule has 1 aromatic rings. The molecule has 7 heteroatoms. The zero-order valence-electron chi connectivity index (χ0n) is 17.1. The maximum Gasteiger partial charge on any atom is 0.329 e. The van der Waals surface area contributed by atoms with Crippen molar-refractivity contribution in [3.05, 3.63) is 29.8 Å². The van der Waals surface area contributed by atoms with E-state index >= 15 is 0 Å². The van der Waals surface area contributed by atoms with Crippen LogP contribution in [0.1, 0.15) is 57.9 Å². The highest BCUT2D eigenvalue weighted by Gasteiger charge is 2.51. The van der Waals surface area contributed by atoms with Crippen LogP contribution in [0, 0.1) is 11.8 Å². The van der Waals surface area contributed by atoms with Crippen LogP contribution in [0.2, 0.25) is 0 Å². The van der Waals surface area contributed by atoms with E-state index in [0.717, 1.165) is 23.3 Å². The first-order chi connectivity index (χ1) is 13.8. The molecule has 0 bridgehead atoms. The third kappa shape index (κ3) is 4.49. The molecule has 2 fully saturated rings. The summed E-state index contributed by atoms with van der Waals surface area (Å²) >= 11 is 0. The molecule has 1 aliphatic heterocycles. The lowest BCUT2D eigenvalue weighted by molar-refractivity contribution is -0.159. The van der Waals surface area contributed by atoms with Crippen LogP contribution in [0.25, 0.3) is 0 Å². The number of amides is 3. The van der Waals surface area contributed by atoms with Crippen LogP contribution >= 0.6 is 0 Å². The molecule has 0 aromatic heterocycles. The summed E-state index contributed by atoms with van der Waals surface area (Å²) in [7, 11) is 0. The van der Waals surface area contributed by atoms with Gasteiger partial charge in [0.1, 0.15) is 6.04 Å². The van der Waals surface area contributed by atoms with Crippen molar-refractivity contribution in [1.29, 1.82) is 0 Å². The second-order valence-electron chi connectivity index (χ2n) is 8.15. The highest BCUT2D eigenvalue weighted by molar-refractivity contribution is 6.08. The second kappa shape index (κ2) is 8.76. The van der Waals surface area contributed by atoms with Gasteiger partial charge in [0, 0.05) is 5.69 Å². The summed E-state index contributed by atoms with van der Waals surface area (Å²) in [6.07, 6.45) is 3.22. The van der Waals surface area contributed by atoms with Crippen LogP contribution in [-0.4, -0.2) is 41.2 Å². The molecule has 1 saturated heterocycles. The fourth-order valence-electron chi connectivity index (χ4n) is 4.08. The standard InChI is InChI=1S/C22H28N2O5/c1-13(2)15-8-10-16(11-9-15)23-19(25)12-29-22(28)14(3)24-20(26)17-6-4-5-7-18(17)21(24)27/h8-11,13-14,17-18H,4-7,12H2,1-3H3,(H,23,25)/t14-,17+,18+/m0/s1. The monoisotopic (exact) mass is 400 g/mol. The largest absolute Gasteiger partial charge is 0.454 e. The third-order valence-corrected chi connectivity index (χ3v) is 5.81. The fraction of sp³-hybridized carbons (Fsp3) is 0.545. The summed E-state index contributed by atoms with van der Waals surface area (Å²) in [5.41, 5.74) is 1.77. The number of hydrogen-bond acceptors (Lipinski definition) is 5. The maximum atomic E-state index is 12.6. The minimum Gasteiger partial charge on any atom is -0.454 e. The molecular formula is C22H28N2O5. The van der Waals surface area contributed by atoms with E-state index in [1.165, 1.54) is 6.92 Å². The number of esters is 1. The van der Waals surface area contributed by atoms with Gasteiger partial charge in [-0.1, -0.05) is 38.8 Å². The molecule has 1 aromatic carbocycles. The molecular weight excluding hydrogens is 372 g/mol. The average molecular weight is 400 g/mol. The lowest BCUT2D eigenvalue weighted by atomic mass is 9.81. The van der Waals surface area contributed by atoms with Gasteiger partial charge in [-0.3, -0.25) is 19.3 Å². The van der Waals surface area contributed by atoms with Crippen LogP contribution in [0.3, 0.4) is 0 Å². The van der Waals surface area contributed by atoms with Crippen molar-refractivity contribution in [2.45, 2.75) is 58.4 Å².